The molecule has 3 aromatic rings. The number of carbonyl (C=O) groups excluding carboxylic acids is 2. The van der Waals surface area contributed by atoms with Crippen LogP contribution in [0.1, 0.15) is 18.9 Å². The van der Waals surface area contributed by atoms with Crippen LogP contribution in [0, 0.1) is 12.7 Å². The van der Waals surface area contributed by atoms with Gasteiger partial charge in [-0.1, -0.05) is 0 Å². The first kappa shape index (κ1) is 24.5. The van der Waals surface area contributed by atoms with Crippen molar-refractivity contribution in [3.8, 4) is 22.9 Å². The van der Waals surface area contributed by atoms with E-state index in [1.165, 1.54) is 30.3 Å². The summed E-state index contributed by atoms with van der Waals surface area (Å²) in [7, 11) is 0. The Morgan fingerprint density at radius 1 is 1.27 bits per heavy atom. The van der Waals surface area contributed by atoms with E-state index in [0.29, 0.717) is 47.6 Å². The highest BCUT2D eigenvalue weighted by Gasteiger charge is 2.32. The maximum Gasteiger partial charge on any atom is 0.414 e. The molecule has 2 amide bonds. The van der Waals surface area contributed by atoms with E-state index in [2.05, 4.69) is 20.6 Å². The number of benzene rings is 1. The van der Waals surface area contributed by atoms with Gasteiger partial charge in [-0.3, -0.25) is 4.79 Å². The number of nitrogens with one attached hydrogen (secondary N) is 2. The quantitative estimate of drug-likeness (QED) is 0.456. The van der Waals surface area contributed by atoms with Crippen LogP contribution in [0.3, 0.4) is 0 Å². The number of anilines is 2. The smallest absolute Gasteiger partial charge is 0.414 e. The van der Waals surface area contributed by atoms with Gasteiger partial charge in [-0.2, -0.15) is 0 Å². The van der Waals surface area contributed by atoms with E-state index in [0.717, 1.165) is 5.56 Å². The zero-order valence-corrected chi connectivity index (χ0v) is 20.3. The number of ether oxygens (including phenoxy) is 2. The summed E-state index contributed by atoms with van der Waals surface area (Å²) in [5, 5.41) is 6.56. The molecule has 1 fully saturated rings. The molecule has 4 N–H and O–H groups in total. The Kier molecular flexibility index (Phi) is 6.40. The maximum atomic E-state index is 15.3. The molecular formula is C25H26F2N6O4. The number of nitrogens with zero attached hydrogens (tertiary/aromatic N) is 3. The third-order valence-corrected chi connectivity index (χ3v) is 6.70. The van der Waals surface area contributed by atoms with Gasteiger partial charge in [0.2, 0.25) is 17.7 Å². The maximum absolute atomic E-state index is 15.3. The van der Waals surface area contributed by atoms with E-state index in [1.807, 2.05) is 6.92 Å². The predicted molar refractivity (Wildman–Crippen MR) is 133 cm³/mol. The molecule has 1 saturated heterocycles. The summed E-state index contributed by atoms with van der Waals surface area (Å²) in [6.45, 7) is 4.54. The number of halogens is 2. The third-order valence-electron chi connectivity index (χ3n) is 6.70. The van der Waals surface area contributed by atoms with Gasteiger partial charge in [0.15, 0.2) is 5.82 Å². The number of alkyl halides is 1. The Hall–Kier alpha value is -4.22. The molecular weight excluding hydrogens is 486 g/mol. The molecule has 1 aromatic carbocycles. The Bertz CT molecular complexity index is 1400. The van der Waals surface area contributed by atoms with Crippen molar-refractivity contribution in [3.05, 3.63) is 35.9 Å². The topological polar surface area (TPSA) is 132 Å². The average molecular weight is 513 g/mol. The van der Waals surface area contributed by atoms with Crippen molar-refractivity contribution >= 4 is 34.1 Å². The van der Waals surface area contributed by atoms with E-state index in [1.54, 1.807) is 6.07 Å². The molecule has 4 heterocycles. The minimum absolute atomic E-state index is 0.0612. The zero-order valence-electron chi connectivity index (χ0n) is 20.3. The fraction of sp³-hybridized carbons (Fsp3) is 0.360. The van der Waals surface area contributed by atoms with E-state index in [9.17, 15) is 14.0 Å². The van der Waals surface area contributed by atoms with Crippen LogP contribution in [0.4, 0.5) is 25.0 Å². The molecule has 5 rings (SSSR count). The van der Waals surface area contributed by atoms with Crippen molar-refractivity contribution < 1.29 is 27.8 Å². The van der Waals surface area contributed by atoms with E-state index < -0.39 is 24.1 Å². The van der Waals surface area contributed by atoms with Crippen molar-refractivity contribution in [2.24, 2.45) is 0 Å². The monoisotopic (exact) mass is 512 g/mol. The van der Waals surface area contributed by atoms with Crippen molar-refractivity contribution in [2.45, 2.75) is 32.5 Å². The molecule has 0 bridgehead atoms. The summed E-state index contributed by atoms with van der Waals surface area (Å²) in [6, 6.07) is 2.25. The molecule has 10 nitrogen and oxygen atoms in total. The molecule has 0 saturated carbocycles. The number of likely N-dealkylation sites (tertiary alicyclic amines) is 1. The number of piperidine rings is 1. The number of amides is 2. The van der Waals surface area contributed by atoms with Gasteiger partial charge in [0.1, 0.15) is 18.5 Å². The zero-order chi connectivity index (χ0) is 26.3. The third kappa shape index (κ3) is 4.66. The van der Waals surface area contributed by atoms with Crippen LogP contribution in [0.5, 0.6) is 11.8 Å². The largest absolute Gasteiger partial charge is 0.474 e. The van der Waals surface area contributed by atoms with Crippen molar-refractivity contribution in [1.29, 1.82) is 0 Å². The fourth-order valence-corrected chi connectivity index (χ4v) is 4.65. The molecule has 0 aliphatic carbocycles. The van der Waals surface area contributed by atoms with Gasteiger partial charge in [0.25, 0.3) is 0 Å². The van der Waals surface area contributed by atoms with Gasteiger partial charge in [-0.05, 0) is 30.4 Å². The number of rotatable bonds is 3. The molecule has 194 valence electrons. The van der Waals surface area contributed by atoms with Crippen LogP contribution < -0.4 is 25.8 Å². The summed E-state index contributed by atoms with van der Waals surface area (Å²) in [5.74, 6) is -0.442. The number of fused-ring (bicyclic) bond motifs is 2. The number of carbonyl (C=O) groups is 2. The predicted octanol–water partition coefficient (Wildman–Crippen LogP) is 3.18. The Labute approximate surface area is 211 Å². The van der Waals surface area contributed by atoms with Crippen LogP contribution in [0.15, 0.2) is 24.5 Å². The Morgan fingerprint density at radius 2 is 2.08 bits per heavy atom. The summed E-state index contributed by atoms with van der Waals surface area (Å²) in [6.07, 6.45) is 0.799. The van der Waals surface area contributed by atoms with Gasteiger partial charge in [-0.15, -0.1) is 0 Å². The van der Waals surface area contributed by atoms with Gasteiger partial charge in [-0.25, -0.2) is 23.5 Å². The molecule has 0 radical (unpaired) electrons. The number of pyridine rings is 2. The average Bonchev–Trinajstić information content (AvgIpc) is 2.88. The minimum Gasteiger partial charge on any atom is -0.474 e. The van der Waals surface area contributed by atoms with E-state index >= 15 is 4.39 Å². The van der Waals surface area contributed by atoms with E-state index in [4.69, 9.17) is 15.2 Å². The molecule has 2 atom stereocenters. The summed E-state index contributed by atoms with van der Waals surface area (Å²) < 4.78 is 40.6. The standard InChI is InChI=1S/C25H26F2N6O4/c1-12-16(9-31-24-23(12)29-4-6-36-24)15-7-14-8-20(30-10-17(14)22(28)21(15)27)37-25(35)32-19-3-5-33(13(2)34)11-18(19)26/h7-10,18-19,29H,3-6,11,28H2,1-2H3,(H,32,35). The Balaban J connectivity index is 1.39. The van der Waals surface area contributed by atoms with Crippen LogP contribution >= 0.6 is 0 Å². The fourth-order valence-electron chi connectivity index (χ4n) is 4.65. The van der Waals surface area contributed by atoms with Crippen LogP contribution in [-0.4, -0.2) is 65.3 Å². The number of nitrogens with two attached hydrogens (primary N) is 1. The molecule has 37 heavy (non-hydrogen) atoms. The van der Waals surface area contributed by atoms with Gasteiger partial charge in [0.05, 0.1) is 18.3 Å². The molecule has 2 aliphatic heterocycles. The minimum atomic E-state index is -1.42. The lowest BCUT2D eigenvalue weighted by molar-refractivity contribution is -0.131. The lowest BCUT2D eigenvalue weighted by atomic mass is 9.97. The summed E-state index contributed by atoms with van der Waals surface area (Å²) >= 11 is 0. The lowest BCUT2D eigenvalue weighted by Gasteiger charge is -2.34. The molecule has 12 heteroatoms. The van der Waals surface area contributed by atoms with E-state index in [-0.39, 0.29) is 36.0 Å². The summed E-state index contributed by atoms with van der Waals surface area (Å²) in [4.78, 5) is 33.6. The lowest BCUT2D eigenvalue weighted by Crippen LogP contribution is -2.53. The van der Waals surface area contributed by atoms with Gasteiger partial charge < -0.3 is 30.7 Å². The van der Waals surface area contributed by atoms with Crippen molar-refractivity contribution in [3.63, 3.8) is 0 Å². The number of hydrogen-bond acceptors (Lipinski definition) is 8. The van der Waals surface area contributed by atoms with Crippen molar-refractivity contribution in [2.75, 3.05) is 37.3 Å². The van der Waals surface area contributed by atoms with Crippen molar-refractivity contribution in [1.82, 2.24) is 20.2 Å². The highest BCUT2D eigenvalue weighted by Crippen LogP contribution is 2.39. The molecule has 2 aliphatic rings. The molecule has 2 unspecified atom stereocenters. The second-order valence-electron chi connectivity index (χ2n) is 9.06. The second-order valence-corrected chi connectivity index (χ2v) is 9.06. The SMILES string of the molecule is CC(=O)N1CCC(NC(=O)Oc2cc3cc(-c4cnc5c(c4C)NCCO5)c(F)c(N)c3cn2)C(F)C1. The van der Waals surface area contributed by atoms with Gasteiger partial charge in [0, 0.05) is 55.0 Å². The highest BCUT2D eigenvalue weighted by atomic mass is 19.1. The number of nitrogen functional groups attached to an aromatic ring is 1. The van der Waals surface area contributed by atoms with Crippen LogP contribution in [0.25, 0.3) is 21.9 Å². The molecule has 2 aromatic heterocycles. The highest BCUT2D eigenvalue weighted by molar-refractivity contribution is 5.98. The normalized spacial score (nSPS) is 19.0. The first-order valence-electron chi connectivity index (χ1n) is 11.8. The second kappa shape index (κ2) is 9.68. The Morgan fingerprint density at radius 3 is 2.84 bits per heavy atom. The van der Waals surface area contributed by atoms with Crippen LogP contribution in [-0.2, 0) is 4.79 Å². The first-order valence-corrected chi connectivity index (χ1v) is 11.8. The first-order chi connectivity index (χ1) is 17.7. The van der Waals surface area contributed by atoms with Gasteiger partial charge >= 0.3 is 6.09 Å². The summed E-state index contributed by atoms with van der Waals surface area (Å²) in [5.41, 5.74) is 8.20. The molecule has 0 spiro atoms. The number of hydrogen-bond donors (Lipinski definition) is 3. The number of aromatic nitrogens is 2. The van der Waals surface area contributed by atoms with Crippen LogP contribution in [0.2, 0.25) is 0 Å².